The molecule has 0 saturated carbocycles. The van der Waals surface area contributed by atoms with E-state index in [1.807, 2.05) is 24.3 Å². The number of aromatic nitrogens is 2. The van der Waals surface area contributed by atoms with E-state index in [9.17, 15) is 0 Å². The molecular weight excluding hydrogens is 250 g/mol. The number of nitrogen functional groups attached to an aromatic ring is 1. The summed E-state index contributed by atoms with van der Waals surface area (Å²) in [5.74, 6) is 2.57. The van der Waals surface area contributed by atoms with Crippen LogP contribution in [0.5, 0.6) is 5.75 Å². The number of hydrogen-bond acceptors (Lipinski definition) is 3. The summed E-state index contributed by atoms with van der Waals surface area (Å²) in [6.45, 7) is 8.52. The topological polar surface area (TPSA) is 53.1 Å². The number of rotatable bonds is 3. The molecule has 20 heavy (non-hydrogen) atoms. The predicted molar refractivity (Wildman–Crippen MR) is 83.0 cm³/mol. The van der Waals surface area contributed by atoms with E-state index in [1.54, 1.807) is 7.11 Å². The van der Waals surface area contributed by atoms with Gasteiger partial charge in [-0.1, -0.05) is 6.92 Å². The van der Waals surface area contributed by atoms with Crippen molar-refractivity contribution in [2.45, 2.75) is 39.7 Å². The molecule has 2 rings (SSSR count). The summed E-state index contributed by atoms with van der Waals surface area (Å²) < 4.78 is 7.30. The minimum absolute atomic E-state index is 0.0762. The van der Waals surface area contributed by atoms with Crippen molar-refractivity contribution in [2.24, 2.45) is 0 Å². The van der Waals surface area contributed by atoms with Crippen LogP contribution in [-0.4, -0.2) is 16.7 Å². The molecule has 0 atom stereocenters. The third-order valence-corrected chi connectivity index (χ3v) is 3.33. The lowest BCUT2D eigenvalue weighted by molar-refractivity contribution is 0.389. The van der Waals surface area contributed by atoms with E-state index in [4.69, 9.17) is 15.5 Å². The van der Waals surface area contributed by atoms with Crippen molar-refractivity contribution in [3.8, 4) is 17.0 Å². The Balaban J connectivity index is 2.54. The lowest BCUT2D eigenvalue weighted by Crippen LogP contribution is -2.25. The Morgan fingerprint density at radius 3 is 2.20 bits per heavy atom. The second-order valence-electron chi connectivity index (χ2n) is 5.85. The van der Waals surface area contributed by atoms with Gasteiger partial charge in [-0.15, -0.1) is 0 Å². The van der Waals surface area contributed by atoms with E-state index >= 15 is 0 Å². The van der Waals surface area contributed by atoms with Gasteiger partial charge in [-0.3, -0.25) is 0 Å². The second-order valence-corrected chi connectivity index (χ2v) is 5.85. The average Bonchev–Trinajstić information content (AvgIpc) is 2.75. The van der Waals surface area contributed by atoms with Gasteiger partial charge in [0.1, 0.15) is 23.1 Å². The van der Waals surface area contributed by atoms with E-state index in [-0.39, 0.29) is 5.54 Å². The molecule has 0 saturated heterocycles. The molecule has 0 aliphatic carbocycles. The summed E-state index contributed by atoms with van der Waals surface area (Å²) in [6, 6.07) is 7.83. The van der Waals surface area contributed by atoms with Gasteiger partial charge in [0.25, 0.3) is 0 Å². The van der Waals surface area contributed by atoms with Crippen molar-refractivity contribution in [3.63, 3.8) is 0 Å². The Labute approximate surface area is 120 Å². The molecule has 4 heteroatoms. The number of aryl methyl sites for hydroxylation is 1. The highest BCUT2D eigenvalue weighted by Crippen LogP contribution is 2.32. The molecule has 0 unspecified atom stereocenters. The van der Waals surface area contributed by atoms with Crippen LogP contribution in [-0.2, 0) is 12.0 Å². The minimum Gasteiger partial charge on any atom is -0.497 e. The van der Waals surface area contributed by atoms with Gasteiger partial charge >= 0.3 is 0 Å². The van der Waals surface area contributed by atoms with E-state index in [0.29, 0.717) is 0 Å². The van der Waals surface area contributed by atoms with Crippen molar-refractivity contribution >= 4 is 5.82 Å². The maximum Gasteiger partial charge on any atom is 0.132 e. The zero-order valence-electron chi connectivity index (χ0n) is 12.9. The number of nitrogens with zero attached hydrogens (tertiary/aromatic N) is 2. The summed E-state index contributed by atoms with van der Waals surface area (Å²) in [7, 11) is 1.66. The first-order chi connectivity index (χ1) is 9.38. The largest absolute Gasteiger partial charge is 0.497 e. The third-order valence-electron chi connectivity index (χ3n) is 3.33. The highest BCUT2D eigenvalue weighted by Gasteiger charge is 2.23. The Kier molecular flexibility index (Phi) is 3.75. The summed E-state index contributed by atoms with van der Waals surface area (Å²) >= 11 is 0. The summed E-state index contributed by atoms with van der Waals surface area (Å²) in [5.41, 5.74) is 8.12. The van der Waals surface area contributed by atoms with Gasteiger partial charge < -0.3 is 15.0 Å². The second kappa shape index (κ2) is 5.19. The Hall–Kier alpha value is -1.97. The lowest BCUT2D eigenvalue weighted by Gasteiger charge is -2.24. The van der Waals surface area contributed by atoms with Gasteiger partial charge in [-0.2, -0.15) is 0 Å². The van der Waals surface area contributed by atoms with Crippen molar-refractivity contribution in [2.75, 3.05) is 12.8 Å². The molecule has 0 radical (unpaired) electrons. The number of methoxy groups -OCH3 is 1. The SMILES string of the molecule is CCc1nc(-c2ccc(OC)cc2)c(N)n1C(C)(C)C. The maximum absolute atomic E-state index is 6.34. The number of anilines is 1. The molecule has 0 aliphatic rings. The molecule has 1 heterocycles. The molecule has 0 amide bonds. The van der Waals surface area contributed by atoms with Crippen molar-refractivity contribution in [1.29, 1.82) is 0 Å². The fourth-order valence-corrected chi connectivity index (χ4v) is 2.43. The van der Waals surface area contributed by atoms with Crippen LogP contribution in [0.2, 0.25) is 0 Å². The summed E-state index contributed by atoms with van der Waals surface area (Å²) in [5, 5.41) is 0. The molecule has 108 valence electrons. The van der Waals surface area contributed by atoms with Gasteiger partial charge in [0.2, 0.25) is 0 Å². The van der Waals surface area contributed by atoms with Gasteiger partial charge in [-0.05, 0) is 45.0 Å². The molecule has 2 N–H and O–H groups in total. The van der Waals surface area contributed by atoms with Crippen molar-refractivity contribution in [1.82, 2.24) is 9.55 Å². The normalized spacial score (nSPS) is 11.7. The molecule has 1 aromatic carbocycles. The summed E-state index contributed by atoms with van der Waals surface area (Å²) in [6.07, 6.45) is 0.859. The first-order valence-electron chi connectivity index (χ1n) is 6.90. The van der Waals surface area contributed by atoms with Crippen molar-refractivity contribution < 1.29 is 4.74 Å². The zero-order chi connectivity index (χ0) is 14.9. The molecule has 0 fully saturated rings. The van der Waals surface area contributed by atoms with Crippen LogP contribution in [0.1, 0.15) is 33.5 Å². The van der Waals surface area contributed by atoms with Crippen LogP contribution >= 0.6 is 0 Å². The van der Waals surface area contributed by atoms with E-state index in [2.05, 4.69) is 32.3 Å². The molecule has 0 aliphatic heterocycles. The Bertz CT molecular complexity index is 591. The lowest BCUT2D eigenvalue weighted by atomic mass is 10.1. The molecular formula is C16H23N3O. The standard InChI is InChI=1S/C16H23N3O/c1-6-13-18-14(15(17)19(13)16(2,3)4)11-7-9-12(20-5)10-8-11/h7-10H,6,17H2,1-5H3. The van der Waals surface area contributed by atoms with Crippen LogP contribution in [0, 0.1) is 0 Å². The molecule has 0 spiro atoms. The smallest absolute Gasteiger partial charge is 0.132 e. The third kappa shape index (κ3) is 2.50. The highest BCUT2D eigenvalue weighted by atomic mass is 16.5. The minimum atomic E-state index is -0.0762. The fourth-order valence-electron chi connectivity index (χ4n) is 2.43. The highest BCUT2D eigenvalue weighted by molar-refractivity contribution is 5.71. The van der Waals surface area contributed by atoms with E-state index in [0.717, 1.165) is 35.1 Å². The quantitative estimate of drug-likeness (QED) is 0.931. The number of ether oxygens (including phenoxy) is 1. The van der Waals surface area contributed by atoms with Crippen LogP contribution in [0.15, 0.2) is 24.3 Å². The van der Waals surface area contributed by atoms with Crippen LogP contribution in [0.3, 0.4) is 0 Å². The van der Waals surface area contributed by atoms with E-state index < -0.39 is 0 Å². The molecule has 1 aromatic heterocycles. The number of benzene rings is 1. The van der Waals surface area contributed by atoms with Crippen molar-refractivity contribution in [3.05, 3.63) is 30.1 Å². The molecule has 4 nitrogen and oxygen atoms in total. The molecule has 0 bridgehead atoms. The van der Waals surface area contributed by atoms with Gasteiger partial charge in [0.05, 0.1) is 7.11 Å². The fraction of sp³-hybridized carbons (Fsp3) is 0.438. The van der Waals surface area contributed by atoms with Gasteiger partial charge in [-0.25, -0.2) is 4.98 Å². The van der Waals surface area contributed by atoms with Crippen LogP contribution in [0.4, 0.5) is 5.82 Å². The van der Waals surface area contributed by atoms with Gasteiger partial charge in [0, 0.05) is 17.5 Å². The van der Waals surface area contributed by atoms with Gasteiger partial charge in [0.15, 0.2) is 0 Å². The zero-order valence-corrected chi connectivity index (χ0v) is 12.9. The molecule has 2 aromatic rings. The summed E-state index contributed by atoms with van der Waals surface area (Å²) in [4.78, 5) is 4.72. The number of hydrogen-bond donors (Lipinski definition) is 1. The first-order valence-corrected chi connectivity index (χ1v) is 6.90. The monoisotopic (exact) mass is 273 g/mol. The maximum atomic E-state index is 6.34. The van der Waals surface area contributed by atoms with Crippen LogP contribution < -0.4 is 10.5 Å². The number of imidazole rings is 1. The Morgan fingerprint density at radius 2 is 1.80 bits per heavy atom. The average molecular weight is 273 g/mol. The number of nitrogens with two attached hydrogens (primary N) is 1. The predicted octanol–water partition coefficient (Wildman–Crippen LogP) is 3.46. The Morgan fingerprint density at radius 1 is 1.20 bits per heavy atom. The van der Waals surface area contributed by atoms with E-state index in [1.165, 1.54) is 0 Å². The first kappa shape index (κ1) is 14.4. The van der Waals surface area contributed by atoms with Crippen LogP contribution in [0.25, 0.3) is 11.3 Å².